The Hall–Kier alpha value is -6.42. The number of carbonyl (C=O) groups excluding carboxylic acids is 2. The predicted octanol–water partition coefficient (Wildman–Crippen LogP) is 6.73. The summed E-state index contributed by atoms with van der Waals surface area (Å²) in [6, 6.07) is 32.4. The minimum atomic E-state index is -0.149. The number of hydrogen-bond donors (Lipinski definition) is 3. The molecule has 47 heavy (non-hydrogen) atoms. The highest BCUT2D eigenvalue weighted by Gasteiger charge is 2.19. The Labute approximate surface area is 270 Å². The number of carbonyl (C=O) groups is 2. The molecule has 7 aromatic rings. The second kappa shape index (κ2) is 12.2. The number of benzene rings is 3. The molecule has 4 heterocycles. The number of hydrogen-bond acceptors (Lipinski definition) is 7. The van der Waals surface area contributed by atoms with E-state index in [1.165, 1.54) is 6.92 Å². The second-order valence-electron chi connectivity index (χ2n) is 11.3. The fourth-order valence-electron chi connectivity index (χ4n) is 5.57. The van der Waals surface area contributed by atoms with E-state index in [2.05, 4.69) is 20.6 Å². The summed E-state index contributed by atoms with van der Waals surface area (Å²) in [6.45, 7) is 3.43. The van der Waals surface area contributed by atoms with E-state index in [0.717, 1.165) is 39.1 Å². The van der Waals surface area contributed by atoms with Gasteiger partial charge in [-0.25, -0.2) is 15.0 Å². The number of nitrogens with zero attached hydrogens (tertiary/aromatic N) is 5. The third-order valence-electron chi connectivity index (χ3n) is 7.73. The maximum Gasteiger partial charge on any atom is 0.228 e. The molecule has 0 unspecified atom stereocenters. The molecule has 0 bridgehead atoms. The monoisotopic (exact) mass is 618 g/mol. The summed E-state index contributed by atoms with van der Waals surface area (Å²) in [5, 5.41) is 6.79. The summed E-state index contributed by atoms with van der Waals surface area (Å²) < 4.78 is 1.94. The molecule has 0 saturated carbocycles. The number of anilines is 3. The number of amides is 2. The molecule has 0 atom stereocenters. The maximum absolute atomic E-state index is 13.0. The first kappa shape index (κ1) is 29.3. The van der Waals surface area contributed by atoms with Gasteiger partial charge in [-0.15, -0.1) is 0 Å². The van der Waals surface area contributed by atoms with Crippen LogP contribution in [0.25, 0.3) is 50.4 Å². The third kappa shape index (κ3) is 6.12. The molecule has 10 nitrogen and oxygen atoms in total. The van der Waals surface area contributed by atoms with Crippen molar-refractivity contribution in [3.63, 3.8) is 0 Å². The molecule has 0 spiro atoms. The Kier molecular flexibility index (Phi) is 7.59. The molecule has 10 heteroatoms. The lowest BCUT2D eigenvalue weighted by Gasteiger charge is -2.12. The van der Waals surface area contributed by atoms with E-state index >= 15 is 0 Å². The Morgan fingerprint density at radius 2 is 1.60 bits per heavy atom. The summed E-state index contributed by atoms with van der Waals surface area (Å²) in [6.07, 6.45) is 1.84. The maximum atomic E-state index is 13.0. The number of pyridine rings is 3. The minimum Gasteiger partial charge on any atom is -0.383 e. The van der Waals surface area contributed by atoms with E-state index in [1.807, 2.05) is 115 Å². The standard InChI is InChI=1S/C37H30N8O2/c1-22-8-11-26-21-28(12-15-31(26)40-22)42-34(47)19-24-9-13-29(14-10-24)45-36(30-7-4-18-39-35(30)38)44-33-17-16-32(43-37(33)45)25-5-3-6-27(20-25)41-23(2)46/h3-18,20-21H,19H2,1-2H3,(H2,38,39)(H,41,46)(H,42,47). The molecule has 0 radical (unpaired) electrons. The molecule has 4 N–H and O–H groups in total. The van der Waals surface area contributed by atoms with Crippen LogP contribution in [-0.4, -0.2) is 36.3 Å². The number of aryl methyl sites for hydroxylation is 1. The molecule has 3 aromatic carbocycles. The second-order valence-corrected chi connectivity index (χ2v) is 11.3. The van der Waals surface area contributed by atoms with Crippen LogP contribution in [-0.2, 0) is 16.0 Å². The Balaban J connectivity index is 1.21. The van der Waals surface area contributed by atoms with Gasteiger partial charge in [-0.2, -0.15) is 0 Å². The number of nitrogen functional groups attached to an aromatic ring is 1. The molecule has 2 amide bonds. The van der Waals surface area contributed by atoms with Crippen LogP contribution in [0, 0.1) is 6.92 Å². The number of rotatable bonds is 7. The molecule has 4 aromatic heterocycles. The highest BCUT2D eigenvalue weighted by Crippen LogP contribution is 2.32. The van der Waals surface area contributed by atoms with Crippen molar-refractivity contribution in [2.45, 2.75) is 20.3 Å². The van der Waals surface area contributed by atoms with Crippen LogP contribution in [0.2, 0.25) is 0 Å². The topological polar surface area (TPSA) is 141 Å². The van der Waals surface area contributed by atoms with Crippen molar-refractivity contribution in [1.82, 2.24) is 24.5 Å². The van der Waals surface area contributed by atoms with Crippen molar-refractivity contribution in [2.24, 2.45) is 0 Å². The van der Waals surface area contributed by atoms with Crippen molar-refractivity contribution in [1.29, 1.82) is 0 Å². The number of aromatic nitrogens is 5. The molecule has 0 fully saturated rings. The van der Waals surface area contributed by atoms with Crippen LogP contribution < -0.4 is 16.4 Å². The number of fused-ring (bicyclic) bond motifs is 2. The average molecular weight is 619 g/mol. The van der Waals surface area contributed by atoms with Crippen molar-refractivity contribution < 1.29 is 9.59 Å². The zero-order valence-corrected chi connectivity index (χ0v) is 25.7. The average Bonchev–Trinajstić information content (AvgIpc) is 3.44. The smallest absolute Gasteiger partial charge is 0.228 e. The molecule has 0 aliphatic carbocycles. The SMILES string of the molecule is CC(=O)Nc1cccc(-c2ccc3nc(-c4cccnc4N)n(-c4ccc(CC(=O)Nc5ccc6nc(C)ccc6c5)cc4)c3n2)c1. The highest BCUT2D eigenvalue weighted by atomic mass is 16.2. The van der Waals surface area contributed by atoms with Gasteiger partial charge in [0.1, 0.15) is 11.3 Å². The summed E-state index contributed by atoms with van der Waals surface area (Å²) in [5.41, 5.74) is 14.7. The predicted molar refractivity (Wildman–Crippen MR) is 185 cm³/mol. The van der Waals surface area contributed by atoms with Gasteiger partial charge in [-0.3, -0.25) is 19.1 Å². The first-order valence-corrected chi connectivity index (χ1v) is 15.1. The lowest BCUT2D eigenvalue weighted by atomic mass is 10.1. The quantitative estimate of drug-likeness (QED) is 0.180. The van der Waals surface area contributed by atoms with Crippen LogP contribution in [0.5, 0.6) is 0 Å². The summed E-state index contributed by atoms with van der Waals surface area (Å²) in [5.74, 6) is 0.667. The number of nitrogens with one attached hydrogen (secondary N) is 2. The van der Waals surface area contributed by atoms with Crippen LogP contribution in [0.4, 0.5) is 17.2 Å². The largest absolute Gasteiger partial charge is 0.383 e. The Bertz CT molecular complexity index is 2310. The van der Waals surface area contributed by atoms with Crippen molar-refractivity contribution in [3.8, 4) is 28.3 Å². The van der Waals surface area contributed by atoms with Crippen molar-refractivity contribution in [3.05, 3.63) is 121 Å². The molecular weight excluding hydrogens is 588 g/mol. The first-order chi connectivity index (χ1) is 22.8. The van der Waals surface area contributed by atoms with Gasteiger partial charge >= 0.3 is 0 Å². The Morgan fingerprint density at radius 1 is 0.787 bits per heavy atom. The van der Waals surface area contributed by atoms with E-state index < -0.39 is 0 Å². The van der Waals surface area contributed by atoms with Gasteiger partial charge in [0.2, 0.25) is 11.8 Å². The summed E-state index contributed by atoms with van der Waals surface area (Å²) in [7, 11) is 0. The summed E-state index contributed by atoms with van der Waals surface area (Å²) in [4.78, 5) is 43.4. The molecule has 0 saturated heterocycles. The van der Waals surface area contributed by atoms with E-state index in [9.17, 15) is 9.59 Å². The van der Waals surface area contributed by atoms with Crippen molar-refractivity contribution >= 4 is 51.1 Å². The van der Waals surface area contributed by atoms with Gasteiger partial charge in [-0.1, -0.05) is 30.3 Å². The van der Waals surface area contributed by atoms with Gasteiger partial charge in [0.15, 0.2) is 11.5 Å². The van der Waals surface area contributed by atoms with Gasteiger partial charge in [0.25, 0.3) is 0 Å². The van der Waals surface area contributed by atoms with Gasteiger partial charge < -0.3 is 16.4 Å². The molecule has 0 aliphatic rings. The van der Waals surface area contributed by atoms with E-state index in [1.54, 1.807) is 6.20 Å². The minimum absolute atomic E-state index is 0.123. The van der Waals surface area contributed by atoms with Crippen LogP contribution in [0.15, 0.2) is 109 Å². The fraction of sp³-hybridized carbons (Fsp3) is 0.0811. The van der Waals surface area contributed by atoms with Gasteiger partial charge in [-0.05, 0) is 85.3 Å². The van der Waals surface area contributed by atoms with Gasteiger partial charge in [0, 0.05) is 46.8 Å². The molecule has 7 rings (SSSR count). The third-order valence-corrected chi connectivity index (χ3v) is 7.73. The zero-order chi connectivity index (χ0) is 32.5. The van der Waals surface area contributed by atoms with Crippen LogP contribution >= 0.6 is 0 Å². The molecular formula is C37H30N8O2. The highest BCUT2D eigenvalue weighted by molar-refractivity contribution is 5.95. The lowest BCUT2D eigenvalue weighted by Crippen LogP contribution is -2.14. The van der Waals surface area contributed by atoms with Crippen LogP contribution in [0.1, 0.15) is 18.2 Å². The normalized spacial score (nSPS) is 11.1. The lowest BCUT2D eigenvalue weighted by molar-refractivity contribution is -0.116. The summed E-state index contributed by atoms with van der Waals surface area (Å²) >= 11 is 0. The van der Waals surface area contributed by atoms with E-state index in [4.69, 9.17) is 15.7 Å². The number of imidazole rings is 1. The Morgan fingerprint density at radius 3 is 2.40 bits per heavy atom. The van der Waals surface area contributed by atoms with Gasteiger partial charge in [0.05, 0.1) is 23.2 Å². The van der Waals surface area contributed by atoms with E-state index in [-0.39, 0.29) is 18.2 Å². The number of nitrogens with two attached hydrogens (primary N) is 1. The first-order valence-electron chi connectivity index (χ1n) is 15.1. The molecule has 0 aliphatic heterocycles. The van der Waals surface area contributed by atoms with Crippen LogP contribution in [0.3, 0.4) is 0 Å². The van der Waals surface area contributed by atoms with E-state index in [0.29, 0.717) is 39.8 Å². The van der Waals surface area contributed by atoms with Crippen molar-refractivity contribution in [2.75, 3.05) is 16.4 Å². The fourth-order valence-corrected chi connectivity index (χ4v) is 5.57. The molecule has 230 valence electrons. The zero-order valence-electron chi connectivity index (χ0n) is 25.7.